The van der Waals surface area contributed by atoms with E-state index in [-0.39, 0.29) is 30.2 Å². The molecule has 1 fully saturated rings. The average Bonchev–Trinajstić information content (AvgIpc) is 3.24. The summed E-state index contributed by atoms with van der Waals surface area (Å²) in [6.45, 7) is 3.36. The van der Waals surface area contributed by atoms with Gasteiger partial charge in [0.15, 0.2) is 0 Å². The Morgan fingerprint density at radius 1 is 0.973 bits per heavy atom. The average molecular weight is 522 g/mol. The molecule has 0 radical (unpaired) electrons. The predicted octanol–water partition coefficient (Wildman–Crippen LogP) is 4.15. The molecule has 2 amide bonds. The third-order valence-corrected chi connectivity index (χ3v) is 8.28. The zero-order valence-corrected chi connectivity index (χ0v) is 21.9. The van der Waals surface area contributed by atoms with Gasteiger partial charge in [0.25, 0.3) is 0 Å². The van der Waals surface area contributed by atoms with Crippen molar-refractivity contribution in [2.75, 3.05) is 46.4 Å². The number of hydrogen-bond acceptors (Lipinski definition) is 5. The lowest BCUT2D eigenvalue weighted by atomic mass is 9.93. The Balaban J connectivity index is 1.22. The number of hydrogen-bond donors (Lipinski definition) is 0. The topological polar surface area (TPSA) is 53.1 Å². The molecule has 3 aromatic rings. The lowest BCUT2D eigenvalue weighted by molar-refractivity contribution is -0.134. The molecule has 6 nitrogen and oxygen atoms in total. The van der Waals surface area contributed by atoms with Gasteiger partial charge in [-0.25, -0.2) is 4.39 Å². The highest BCUT2D eigenvalue weighted by Gasteiger charge is 2.32. The third-order valence-electron chi connectivity index (χ3n) is 7.28. The number of halogens is 1. The smallest absolute Gasteiger partial charge is 0.236 e. The van der Waals surface area contributed by atoms with Crippen LogP contribution >= 0.6 is 11.3 Å². The fourth-order valence-electron chi connectivity index (χ4n) is 5.33. The van der Waals surface area contributed by atoms with Crippen molar-refractivity contribution in [1.29, 1.82) is 0 Å². The number of benzene rings is 2. The Labute approximate surface area is 221 Å². The largest absolute Gasteiger partial charge is 0.497 e. The van der Waals surface area contributed by atoms with E-state index in [9.17, 15) is 14.0 Å². The van der Waals surface area contributed by atoms with E-state index < -0.39 is 0 Å². The molecule has 0 N–H and O–H groups in total. The maximum absolute atomic E-state index is 14.1. The van der Waals surface area contributed by atoms with E-state index in [0.29, 0.717) is 32.6 Å². The van der Waals surface area contributed by atoms with Gasteiger partial charge in [0, 0.05) is 37.6 Å². The van der Waals surface area contributed by atoms with Crippen LogP contribution in [-0.2, 0) is 22.4 Å². The first-order valence-corrected chi connectivity index (χ1v) is 13.6. The lowest BCUT2D eigenvalue weighted by Crippen LogP contribution is -2.45. The van der Waals surface area contributed by atoms with Gasteiger partial charge >= 0.3 is 0 Å². The van der Waals surface area contributed by atoms with Crippen LogP contribution in [0.1, 0.15) is 34.0 Å². The lowest BCUT2D eigenvalue weighted by Gasteiger charge is -2.37. The first-order valence-electron chi connectivity index (χ1n) is 12.8. The second kappa shape index (κ2) is 11.4. The minimum Gasteiger partial charge on any atom is -0.497 e. The quantitative estimate of drug-likeness (QED) is 0.489. The van der Waals surface area contributed by atoms with Crippen LogP contribution in [0, 0.1) is 5.82 Å². The van der Waals surface area contributed by atoms with Gasteiger partial charge in [0.2, 0.25) is 11.8 Å². The second-order valence-electron chi connectivity index (χ2n) is 9.62. The van der Waals surface area contributed by atoms with Gasteiger partial charge in [0.1, 0.15) is 11.6 Å². The van der Waals surface area contributed by atoms with Gasteiger partial charge in [-0.3, -0.25) is 14.5 Å². The molecule has 37 heavy (non-hydrogen) atoms. The number of amides is 2. The van der Waals surface area contributed by atoms with Crippen LogP contribution in [0.4, 0.5) is 4.39 Å². The highest BCUT2D eigenvalue weighted by atomic mass is 32.1. The van der Waals surface area contributed by atoms with E-state index in [4.69, 9.17) is 4.74 Å². The first kappa shape index (κ1) is 25.4. The molecule has 0 aliphatic carbocycles. The molecule has 0 saturated carbocycles. The van der Waals surface area contributed by atoms with Gasteiger partial charge in [0.05, 0.1) is 26.1 Å². The fourth-order valence-corrected chi connectivity index (χ4v) is 6.23. The molecule has 8 heteroatoms. The Morgan fingerprint density at radius 3 is 2.46 bits per heavy atom. The normalized spacial score (nSPS) is 18.3. The monoisotopic (exact) mass is 521 g/mol. The Morgan fingerprint density at radius 2 is 1.73 bits per heavy atom. The summed E-state index contributed by atoms with van der Waals surface area (Å²) < 4.78 is 19.3. The van der Waals surface area contributed by atoms with Crippen LogP contribution in [-0.4, -0.2) is 72.9 Å². The van der Waals surface area contributed by atoms with Crippen LogP contribution in [0.2, 0.25) is 0 Å². The molecule has 2 aromatic carbocycles. The van der Waals surface area contributed by atoms with Crippen molar-refractivity contribution in [3.05, 3.63) is 87.4 Å². The summed E-state index contributed by atoms with van der Waals surface area (Å²) >= 11 is 1.73. The van der Waals surface area contributed by atoms with Gasteiger partial charge in [-0.05, 0) is 65.2 Å². The van der Waals surface area contributed by atoms with Crippen LogP contribution in [0.15, 0.2) is 60.0 Å². The number of methoxy groups -OCH3 is 1. The molecule has 0 bridgehead atoms. The van der Waals surface area contributed by atoms with Crippen LogP contribution in [0.5, 0.6) is 5.75 Å². The molecular weight excluding hydrogens is 489 g/mol. The predicted molar refractivity (Wildman–Crippen MR) is 142 cm³/mol. The van der Waals surface area contributed by atoms with E-state index in [2.05, 4.69) is 16.3 Å². The van der Waals surface area contributed by atoms with Crippen LogP contribution in [0.25, 0.3) is 0 Å². The minimum atomic E-state index is -0.266. The first-order chi connectivity index (χ1) is 18.0. The molecule has 3 heterocycles. The molecule has 194 valence electrons. The summed E-state index contributed by atoms with van der Waals surface area (Å²) in [5, 5.41) is 2.08. The molecule has 1 atom stereocenters. The highest BCUT2D eigenvalue weighted by molar-refractivity contribution is 7.10. The Bertz CT molecular complexity index is 1250. The maximum atomic E-state index is 14.1. The zero-order valence-electron chi connectivity index (χ0n) is 21.1. The summed E-state index contributed by atoms with van der Waals surface area (Å²) in [6.07, 6.45) is 1.98. The summed E-state index contributed by atoms with van der Waals surface area (Å²) in [7, 11) is 1.62. The van der Waals surface area contributed by atoms with Crippen LogP contribution in [0.3, 0.4) is 0 Å². The molecule has 1 unspecified atom stereocenters. The summed E-state index contributed by atoms with van der Waals surface area (Å²) in [4.78, 5) is 33.6. The Kier molecular flexibility index (Phi) is 7.86. The SMILES string of the molecule is COc1ccc(CC(=O)N2CCCN(C(=O)CN3CCc4sccc4C3c3cccc(F)c3)CC2)cc1. The van der Waals surface area contributed by atoms with Crippen LogP contribution < -0.4 is 4.74 Å². The van der Waals surface area contributed by atoms with Crippen molar-refractivity contribution < 1.29 is 18.7 Å². The van der Waals surface area contributed by atoms with E-state index in [1.807, 2.05) is 40.1 Å². The molecule has 2 aliphatic rings. The van der Waals surface area contributed by atoms with E-state index in [1.54, 1.807) is 30.6 Å². The summed E-state index contributed by atoms with van der Waals surface area (Å²) in [5.74, 6) is 0.637. The van der Waals surface area contributed by atoms with Crippen molar-refractivity contribution in [2.45, 2.75) is 25.3 Å². The van der Waals surface area contributed by atoms with E-state index >= 15 is 0 Å². The summed E-state index contributed by atoms with van der Waals surface area (Å²) in [5.41, 5.74) is 2.99. The number of rotatable bonds is 6. The standard InChI is InChI=1S/C29H32FN3O3S/c1-36-24-8-6-21(7-9-24)18-27(34)31-12-3-13-32(16-15-31)28(35)20-33-14-10-26-25(11-17-37-26)29(33)22-4-2-5-23(30)19-22/h2,4-9,11,17,19,29H,3,10,12-16,18,20H2,1H3. The number of thiophene rings is 1. The molecule has 2 aliphatic heterocycles. The second-order valence-corrected chi connectivity index (χ2v) is 10.6. The van der Waals surface area contributed by atoms with Crippen molar-refractivity contribution in [1.82, 2.24) is 14.7 Å². The van der Waals surface area contributed by atoms with Gasteiger partial charge in [-0.15, -0.1) is 11.3 Å². The van der Waals surface area contributed by atoms with Crippen molar-refractivity contribution in [2.24, 2.45) is 0 Å². The van der Waals surface area contributed by atoms with Crippen molar-refractivity contribution in [3.63, 3.8) is 0 Å². The molecular formula is C29H32FN3O3S. The fraction of sp³-hybridized carbons (Fsp3) is 0.379. The number of fused-ring (bicyclic) bond motifs is 1. The number of carbonyl (C=O) groups excluding carboxylic acids is 2. The van der Waals surface area contributed by atoms with Crippen molar-refractivity contribution >= 4 is 23.2 Å². The molecule has 1 aromatic heterocycles. The molecule has 0 spiro atoms. The number of nitrogens with zero attached hydrogens (tertiary/aromatic N) is 3. The molecule has 1 saturated heterocycles. The highest BCUT2D eigenvalue weighted by Crippen LogP contribution is 2.37. The molecule has 5 rings (SSSR count). The third kappa shape index (κ3) is 5.86. The van der Waals surface area contributed by atoms with E-state index in [1.165, 1.54) is 16.5 Å². The number of carbonyl (C=O) groups is 2. The Hall–Kier alpha value is -3.23. The maximum Gasteiger partial charge on any atom is 0.236 e. The van der Waals surface area contributed by atoms with Gasteiger partial charge < -0.3 is 14.5 Å². The van der Waals surface area contributed by atoms with E-state index in [0.717, 1.165) is 36.3 Å². The number of ether oxygens (including phenoxy) is 1. The van der Waals surface area contributed by atoms with Gasteiger partial charge in [-0.2, -0.15) is 0 Å². The zero-order chi connectivity index (χ0) is 25.8. The minimum absolute atomic E-state index is 0.0598. The van der Waals surface area contributed by atoms with Gasteiger partial charge in [-0.1, -0.05) is 24.3 Å². The van der Waals surface area contributed by atoms with Crippen molar-refractivity contribution in [3.8, 4) is 5.75 Å². The summed E-state index contributed by atoms with van der Waals surface area (Å²) in [6, 6.07) is 16.2.